The Kier molecular flexibility index (Phi) is 8.99. The summed E-state index contributed by atoms with van der Waals surface area (Å²) in [6.07, 6.45) is 0. The van der Waals surface area contributed by atoms with Crippen LogP contribution in [0.4, 0.5) is 0 Å². The van der Waals surface area contributed by atoms with E-state index in [1.165, 1.54) is 0 Å². The number of benzene rings is 6. The van der Waals surface area contributed by atoms with E-state index < -0.39 is 27.2 Å². The van der Waals surface area contributed by atoms with Crippen molar-refractivity contribution in [3.05, 3.63) is 146 Å². The molecule has 0 bridgehead atoms. The Labute approximate surface area is 293 Å². The van der Waals surface area contributed by atoms with E-state index in [4.69, 9.17) is 13.6 Å². The van der Waals surface area contributed by atoms with Crippen molar-refractivity contribution in [1.29, 1.82) is 0 Å². The van der Waals surface area contributed by atoms with Crippen molar-refractivity contribution in [1.82, 2.24) is 0 Å². The van der Waals surface area contributed by atoms with Crippen molar-refractivity contribution >= 4 is 38.0 Å². The van der Waals surface area contributed by atoms with Gasteiger partial charge in [0.05, 0.1) is 15.9 Å². The highest BCUT2D eigenvalue weighted by atomic mass is 31.3. The van der Waals surface area contributed by atoms with Crippen LogP contribution in [0.1, 0.15) is 27.7 Å². The normalized spacial score (nSPS) is 22.1. The molecule has 3 aliphatic rings. The van der Waals surface area contributed by atoms with Crippen LogP contribution in [0.5, 0.6) is 17.2 Å². The molecule has 3 atom stereocenters. The fraction of sp³-hybridized carbons (Fsp3) is 0.122. The summed E-state index contributed by atoms with van der Waals surface area (Å²) in [4.78, 5) is 0. The van der Waals surface area contributed by atoms with Gasteiger partial charge in [0.1, 0.15) is 17.2 Å². The Hall–Kier alpha value is -4.59. The Morgan fingerprint density at radius 3 is 0.840 bits per heavy atom. The van der Waals surface area contributed by atoms with Crippen molar-refractivity contribution < 1.29 is 27.3 Å². The third-order valence-electron chi connectivity index (χ3n) is 8.87. The van der Waals surface area contributed by atoms with E-state index in [1.807, 2.05) is 100 Å². The van der Waals surface area contributed by atoms with Crippen LogP contribution >= 0.6 is 22.1 Å². The molecule has 6 aromatic carbocycles. The van der Waals surface area contributed by atoms with Crippen molar-refractivity contribution in [3.63, 3.8) is 0 Å². The average molecular weight is 719 g/mol. The monoisotopic (exact) mass is 718 g/mol. The summed E-state index contributed by atoms with van der Waals surface area (Å²) in [5.41, 5.74) is 4.20. The molecular formula is C41H37O6P3. The maximum Gasteiger partial charge on any atom is 0.302 e. The molecule has 9 heteroatoms. The van der Waals surface area contributed by atoms with Gasteiger partial charge in [-0.05, 0) is 53.1 Å². The summed E-state index contributed by atoms with van der Waals surface area (Å²) in [6.45, 7) is 8.00. The van der Waals surface area contributed by atoms with Gasteiger partial charge >= 0.3 is 22.1 Å². The molecule has 0 spiro atoms. The number of rotatable bonds is 3. The fourth-order valence-corrected chi connectivity index (χ4v) is 20.0. The second kappa shape index (κ2) is 13.3. The van der Waals surface area contributed by atoms with Crippen LogP contribution in [0.2, 0.25) is 0 Å². The first kappa shape index (κ1) is 33.9. The minimum absolute atomic E-state index is 0.323. The Morgan fingerprint density at radius 2 is 0.560 bits per heavy atom. The van der Waals surface area contributed by atoms with Gasteiger partial charge in [0.2, 0.25) is 5.14 Å². The van der Waals surface area contributed by atoms with Gasteiger partial charge < -0.3 is 13.6 Å². The van der Waals surface area contributed by atoms with Crippen LogP contribution in [0, 0.1) is 0 Å². The lowest BCUT2D eigenvalue weighted by Crippen LogP contribution is -2.36. The summed E-state index contributed by atoms with van der Waals surface area (Å²) >= 11 is 0. The summed E-state index contributed by atoms with van der Waals surface area (Å²) in [5, 5.41) is -0.761. The lowest BCUT2D eigenvalue weighted by molar-refractivity contribution is 0.459. The van der Waals surface area contributed by atoms with Gasteiger partial charge in [-0.25, -0.2) is 0 Å². The van der Waals surface area contributed by atoms with E-state index >= 15 is 13.7 Å². The van der Waals surface area contributed by atoms with Crippen molar-refractivity contribution in [3.8, 4) is 50.6 Å². The maximum absolute atomic E-state index is 16.2. The summed E-state index contributed by atoms with van der Waals surface area (Å²) in [7, 11) is -13.3. The summed E-state index contributed by atoms with van der Waals surface area (Å²) in [5.74, 6) is 1.05. The van der Waals surface area contributed by atoms with E-state index in [0.717, 1.165) is 16.7 Å². The minimum atomic E-state index is -4.42. The van der Waals surface area contributed by atoms with Gasteiger partial charge in [0, 0.05) is 16.7 Å². The lowest BCUT2D eigenvalue weighted by atomic mass is 10.0. The van der Waals surface area contributed by atoms with E-state index in [1.54, 1.807) is 72.8 Å². The van der Waals surface area contributed by atoms with Gasteiger partial charge in [-0.1, -0.05) is 137 Å². The van der Waals surface area contributed by atoms with Gasteiger partial charge in [-0.2, -0.15) is 0 Å². The number of hydrogen-bond acceptors (Lipinski definition) is 6. The van der Waals surface area contributed by atoms with E-state index in [-0.39, 0.29) is 0 Å². The summed E-state index contributed by atoms with van der Waals surface area (Å²) in [6, 6.07) is 43.5. The zero-order valence-electron chi connectivity index (χ0n) is 28.2. The molecular weight excluding hydrogens is 681 g/mol. The fourth-order valence-electron chi connectivity index (χ4n) is 6.93. The van der Waals surface area contributed by atoms with Gasteiger partial charge in [-0.15, -0.1) is 0 Å². The van der Waals surface area contributed by atoms with E-state index in [0.29, 0.717) is 49.9 Å². The number of hydrogen-bond donors (Lipinski definition) is 0. The Balaban J connectivity index is 0.000000948. The zero-order valence-corrected chi connectivity index (χ0v) is 30.9. The molecule has 0 fully saturated rings. The second-order valence-corrected chi connectivity index (χ2v) is 19.8. The molecule has 0 amide bonds. The highest BCUT2D eigenvalue weighted by molar-refractivity contribution is 8.00. The molecule has 0 aromatic heterocycles. The molecule has 3 unspecified atom stereocenters. The minimum Gasteiger partial charge on any atom is -0.438 e. The SMILES string of the molecule is CC.CC.O=P1(C(P2(=O)Oc3ccccc3-c3ccccc32)P2(=O)Oc3ccccc3-c3ccccc32)Oc2ccccc2-c2ccccc21. The van der Waals surface area contributed by atoms with Crippen LogP contribution in [-0.4, -0.2) is 5.14 Å². The lowest BCUT2D eigenvalue weighted by Gasteiger charge is -2.43. The largest absolute Gasteiger partial charge is 0.438 e. The third kappa shape index (κ3) is 5.04. The maximum atomic E-state index is 16.2. The first-order chi connectivity index (χ1) is 24.4. The van der Waals surface area contributed by atoms with Crippen LogP contribution in [0.3, 0.4) is 0 Å². The first-order valence-corrected chi connectivity index (χ1v) is 21.9. The van der Waals surface area contributed by atoms with Crippen molar-refractivity contribution in [2.24, 2.45) is 0 Å². The third-order valence-corrected chi connectivity index (χ3v) is 20.8. The molecule has 3 heterocycles. The van der Waals surface area contributed by atoms with Gasteiger partial charge in [0.25, 0.3) is 0 Å². The van der Waals surface area contributed by atoms with E-state index in [2.05, 4.69) is 0 Å². The predicted molar refractivity (Wildman–Crippen MR) is 206 cm³/mol. The molecule has 0 N–H and O–H groups in total. The average Bonchev–Trinajstić information content (AvgIpc) is 3.17. The van der Waals surface area contributed by atoms with Crippen LogP contribution < -0.4 is 29.5 Å². The van der Waals surface area contributed by atoms with E-state index in [9.17, 15) is 0 Å². The zero-order chi connectivity index (χ0) is 35.1. The van der Waals surface area contributed by atoms with Crippen LogP contribution in [0.15, 0.2) is 146 Å². The molecule has 0 saturated carbocycles. The highest BCUT2D eigenvalue weighted by Crippen LogP contribution is 2.83. The Bertz CT molecular complexity index is 2120. The van der Waals surface area contributed by atoms with Crippen molar-refractivity contribution in [2.75, 3.05) is 0 Å². The van der Waals surface area contributed by atoms with Crippen LogP contribution in [0.25, 0.3) is 33.4 Å². The highest BCUT2D eigenvalue weighted by Gasteiger charge is 2.67. The second-order valence-electron chi connectivity index (χ2n) is 11.5. The molecule has 50 heavy (non-hydrogen) atoms. The molecule has 0 aliphatic carbocycles. The standard InChI is InChI=1S/C37H25O6P3.2C2H6/c38-44(34-22-10-4-16-28(34)25-13-1-7-19-31(25)41-44)37(45(39)35-23-11-5-17-29(35)26-14-2-8-20-32(26)42-45)46(40)36-24-12-6-18-30(36)27-15-3-9-21-33(27)43-46;2*1-2/h1-24,37H;2*1-2H3. The van der Waals surface area contributed by atoms with Gasteiger partial charge in [0.15, 0.2) is 0 Å². The molecule has 3 aliphatic heterocycles. The predicted octanol–water partition coefficient (Wildman–Crippen LogP) is 11.3. The summed E-state index contributed by atoms with van der Waals surface area (Å²) < 4.78 is 68.5. The number of fused-ring (bicyclic) bond motifs is 9. The molecule has 6 nitrogen and oxygen atoms in total. The Morgan fingerprint density at radius 1 is 0.340 bits per heavy atom. The quantitative estimate of drug-likeness (QED) is 0.170. The number of para-hydroxylation sites is 3. The molecule has 6 aromatic rings. The molecule has 9 rings (SSSR count). The van der Waals surface area contributed by atoms with Gasteiger partial charge in [-0.3, -0.25) is 13.7 Å². The first-order valence-electron chi connectivity index (χ1n) is 16.9. The van der Waals surface area contributed by atoms with Crippen molar-refractivity contribution in [2.45, 2.75) is 32.8 Å². The van der Waals surface area contributed by atoms with Crippen LogP contribution in [-0.2, 0) is 13.7 Å². The molecule has 252 valence electrons. The molecule has 0 radical (unpaired) electrons. The topological polar surface area (TPSA) is 78.9 Å². The smallest absolute Gasteiger partial charge is 0.302 e. The molecule has 0 saturated heterocycles.